The standard InChI is InChI=1S/C34H47N3O4/c1-10-25(35)37-41-28(40)34-15-13-29(2,3)18-20(34)26-22(38)17-24-31(6)19-21(36-9)27(39)30(4,5)23(31)11-12-32(24,7)33(26,8)14-16-34/h17,19-20,23,26H,10-16,18H2,1-8H3,(H2,35,37)/t20-,23-,26-,31-,32+,33+,34-/m0/s1. The maximum atomic E-state index is 14.5. The number of nitrogens with zero attached hydrogens (tertiary/aromatic N) is 2. The highest BCUT2D eigenvalue weighted by Crippen LogP contribution is 2.74. The molecule has 5 aliphatic carbocycles. The number of carbonyl (C=O) groups excluding carboxylic acids is 3. The first-order valence-electron chi connectivity index (χ1n) is 15.4. The first-order valence-corrected chi connectivity index (χ1v) is 15.4. The van der Waals surface area contributed by atoms with Crippen molar-refractivity contribution in [1.29, 1.82) is 0 Å². The SMILES string of the molecule is [C-]#[N+]C1=C[C@]2(C)C3=CC(=O)[C@@H]4[C@@H]5CC(C)(C)CC[C@]5(C(=O)ON=C(N)CC)CC[C@@]4(C)[C@]3(C)CC[C@H]2C(C)(C)C1=O. The van der Waals surface area contributed by atoms with E-state index in [9.17, 15) is 14.4 Å². The van der Waals surface area contributed by atoms with E-state index < -0.39 is 16.2 Å². The van der Waals surface area contributed by atoms with E-state index >= 15 is 0 Å². The van der Waals surface area contributed by atoms with Gasteiger partial charge in [-0.1, -0.05) is 72.2 Å². The van der Waals surface area contributed by atoms with E-state index in [1.165, 1.54) is 0 Å². The van der Waals surface area contributed by atoms with Crippen LogP contribution in [-0.2, 0) is 19.2 Å². The quantitative estimate of drug-likeness (QED) is 0.134. The summed E-state index contributed by atoms with van der Waals surface area (Å²) in [5.74, 6) is -0.574. The summed E-state index contributed by atoms with van der Waals surface area (Å²) < 4.78 is 0. The molecule has 0 aromatic rings. The summed E-state index contributed by atoms with van der Waals surface area (Å²) >= 11 is 0. The number of fused-ring (bicyclic) bond motifs is 7. The number of oxime groups is 1. The van der Waals surface area contributed by atoms with Crippen molar-refractivity contribution in [2.75, 3.05) is 0 Å². The Hall–Kier alpha value is -2.75. The lowest BCUT2D eigenvalue weighted by molar-refractivity contribution is -0.193. The Morgan fingerprint density at radius 1 is 1.07 bits per heavy atom. The van der Waals surface area contributed by atoms with E-state index in [0.717, 1.165) is 37.7 Å². The van der Waals surface area contributed by atoms with E-state index in [1.54, 1.807) is 0 Å². The summed E-state index contributed by atoms with van der Waals surface area (Å²) in [6, 6.07) is 0. The molecule has 7 heteroatoms. The van der Waals surface area contributed by atoms with Crippen LogP contribution in [0, 0.1) is 56.8 Å². The average Bonchev–Trinajstić information content (AvgIpc) is 2.90. The fourth-order valence-electron chi connectivity index (χ4n) is 10.2. The third-order valence-electron chi connectivity index (χ3n) is 12.9. The van der Waals surface area contributed by atoms with Crippen molar-refractivity contribution >= 4 is 23.4 Å². The van der Waals surface area contributed by atoms with Crippen molar-refractivity contribution in [3.05, 3.63) is 34.8 Å². The maximum absolute atomic E-state index is 14.5. The first kappa shape index (κ1) is 29.7. The molecule has 0 aliphatic heterocycles. The van der Waals surface area contributed by atoms with Gasteiger partial charge < -0.3 is 15.4 Å². The average molecular weight is 562 g/mol. The van der Waals surface area contributed by atoms with Gasteiger partial charge in [0.05, 0.1) is 12.0 Å². The molecule has 0 aromatic heterocycles. The zero-order valence-electron chi connectivity index (χ0n) is 26.1. The summed E-state index contributed by atoms with van der Waals surface area (Å²) in [4.78, 5) is 50.8. The van der Waals surface area contributed by atoms with Crippen molar-refractivity contribution in [3.63, 3.8) is 0 Å². The molecule has 0 bridgehead atoms. The van der Waals surface area contributed by atoms with Crippen LogP contribution in [-0.4, -0.2) is 23.4 Å². The van der Waals surface area contributed by atoms with Crippen molar-refractivity contribution < 1.29 is 19.2 Å². The Kier molecular flexibility index (Phi) is 6.62. The minimum atomic E-state index is -0.772. The van der Waals surface area contributed by atoms with Crippen molar-refractivity contribution in [2.24, 2.45) is 61.1 Å². The Labute approximate surface area is 245 Å². The van der Waals surface area contributed by atoms with Crippen LogP contribution < -0.4 is 5.73 Å². The molecule has 41 heavy (non-hydrogen) atoms. The molecule has 3 saturated carbocycles. The summed E-state index contributed by atoms with van der Waals surface area (Å²) in [6.45, 7) is 24.8. The molecule has 0 saturated heterocycles. The van der Waals surface area contributed by atoms with Crippen molar-refractivity contribution in [2.45, 2.75) is 107 Å². The molecule has 2 N–H and O–H groups in total. The Balaban J connectivity index is 1.66. The number of Topliss-reactive ketones (excluding diaryl/α,β-unsaturated/α-hetero) is 1. The van der Waals surface area contributed by atoms with Crippen LogP contribution in [0.3, 0.4) is 0 Å². The predicted octanol–water partition coefficient (Wildman–Crippen LogP) is 6.78. The molecule has 0 aromatic carbocycles. The van der Waals surface area contributed by atoms with Gasteiger partial charge in [0.1, 0.15) is 5.84 Å². The number of nitrogens with two attached hydrogens (primary N) is 1. The lowest BCUT2D eigenvalue weighted by Gasteiger charge is -2.68. The third kappa shape index (κ3) is 3.88. The van der Waals surface area contributed by atoms with Gasteiger partial charge in [0.2, 0.25) is 5.70 Å². The zero-order valence-corrected chi connectivity index (χ0v) is 26.1. The number of hydrogen-bond acceptors (Lipinski definition) is 5. The number of ketones is 2. The van der Waals surface area contributed by atoms with Crippen LogP contribution in [0.25, 0.3) is 4.85 Å². The molecular formula is C34H47N3O4. The van der Waals surface area contributed by atoms with Gasteiger partial charge in [0.25, 0.3) is 0 Å². The third-order valence-corrected chi connectivity index (χ3v) is 12.9. The molecule has 5 rings (SSSR count). The van der Waals surface area contributed by atoms with Gasteiger partial charge in [-0.05, 0) is 79.1 Å². The number of hydrogen-bond donors (Lipinski definition) is 1. The predicted molar refractivity (Wildman–Crippen MR) is 158 cm³/mol. The summed E-state index contributed by atoms with van der Waals surface area (Å²) in [5, 5.41) is 3.94. The molecule has 0 heterocycles. The second-order valence-corrected chi connectivity index (χ2v) is 15.7. The van der Waals surface area contributed by atoms with E-state index in [1.807, 2.05) is 32.9 Å². The van der Waals surface area contributed by atoms with Gasteiger partial charge in [0.15, 0.2) is 11.6 Å². The van der Waals surface area contributed by atoms with Crippen LogP contribution in [0.4, 0.5) is 0 Å². The highest BCUT2D eigenvalue weighted by molar-refractivity contribution is 6.03. The van der Waals surface area contributed by atoms with E-state index in [4.69, 9.17) is 17.1 Å². The monoisotopic (exact) mass is 561 g/mol. The Morgan fingerprint density at radius 3 is 2.37 bits per heavy atom. The molecule has 0 amide bonds. The van der Waals surface area contributed by atoms with Crippen LogP contribution in [0.2, 0.25) is 0 Å². The fraction of sp³-hybridized carbons (Fsp3) is 0.735. The molecule has 0 unspecified atom stereocenters. The largest absolute Gasteiger partial charge is 0.384 e. The van der Waals surface area contributed by atoms with Crippen LogP contribution >= 0.6 is 0 Å². The molecule has 7 nitrogen and oxygen atoms in total. The molecule has 3 fully saturated rings. The van der Waals surface area contributed by atoms with Crippen LogP contribution in [0.5, 0.6) is 0 Å². The van der Waals surface area contributed by atoms with Gasteiger partial charge in [-0.2, -0.15) is 0 Å². The van der Waals surface area contributed by atoms with E-state index in [-0.39, 0.29) is 63.1 Å². The lowest BCUT2D eigenvalue weighted by Crippen LogP contribution is -2.65. The number of amidine groups is 1. The Morgan fingerprint density at radius 2 is 1.73 bits per heavy atom. The van der Waals surface area contributed by atoms with Crippen molar-refractivity contribution in [3.8, 4) is 0 Å². The lowest BCUT2D eigenvalue weighted by atomic mass is 9.34. The first-order chi connectivity index (χ1) is 18.9. The molecule has 5 aliphatic rings. The molecule has 7 atom stereocenters. The number of allylic oxidation sites excluding steroid dienone is 4. The molecular weight excluding hydrogens is 514 g/mol. The van der Waals surface area contributed by atoms with Crippen LogP contribution in [0.1, 0.15) is 107 Å². The minimum absolute atomic E-state index is 0.00570. The number of rotatable bonds is 3. The van der Waals surface area contributed by atoms with Gasteiger partial charge in [-0.25, -0.2) is 9.64 Å². The van der Waals surface area contributed by atoms with Gasteiger partial charge in [0, 0.05) is 23.2 Å². The van der Waals surface area contributed by atoms with Gasteiger partial charge in [-0.3, -0.25) is 4.79 Å². The fourth-order valence-corrected chi connectivity index (χ4v) is 10.2. The van der Waals surface area contributed by atoms with Gasteiger partial charge >= 0.3 is 5.97 Å². The highest BCUT2D eigenvalue weighted by Gasteiger charge is 2.71. The summed E-state index contributed by atoms with van der Waals surface area (Å²) in [5.41, 5.74) is 4.39. The summed E-state index contributed by atoms with van der Waals surface area (Å²) in [6.07, 6.45) is 9.64. The normalized spacial score (nSPS) is 42.8. The number of carbonyl (C=O) groups is 3. The smallest absolute Gasteiger partial charge is 0.341 e. The van der Waals surface area contributed by atoms with E-state index in [2.05, 4.69) is 44.6 Å². The summed E-state index contributed by atoms with van der Waals surface area (Å²) in [7, 11) is 0. The van der Waals surface area contributed by atoms with Gasteiger partial charge in [-0.15, -0.1) is 0 Å². The zero-order chi connectivity index (χ0) is 30.4. The molecule has 0 spiro atoms. The maximum Gasteiger partial charge on any atom is 0.341 e. The van der Waals surface area contributed by atoms with Crippen molar-refractivity contribution in [1.82, 2.24) is 0 Å². The Bertz CT molecular complexity index is 1350. The second-order valence-electron chi connectivity index (χ2n) is 15.7. The van der Waals surface area contributed by atoms with E-state index in [0.29, 0.717) is 19.3 Å². The topological polar surface area (TPSA) is 103 Å². The highest BCUT2D eigenvalue weighted by atomic mass is 16.7. The minimum Gasteiger partial charge on any atom is -0.384 e. The molecule has 0 radical (unpaired) electrons. The second kappa shape index (κ2) is 9.12. The van der Waals surface area contributed by atoms with Crippen LogP contribution in [0.15, 0.2) is 28.6 Å². The molecule has 222 valence electrons.